The predicted molar refractivity (Wildman–Crippen MR) is 158 cm³/mol. The van der Waals surface area contributed by atoms with E-state index < -0.39 is 0 Å². The highest BCUT2D eigenvalue weighted by Crippen LogP contribution is 2.36. The summed E-state index contributed by atoms with van der Waals surface area (Å²) in [6, 6.07) is 40.0. The highest BCUT2D eigenvalue weighted by atomic mass is 32.1. The van der Waals surface area contributed by atoms with Crippen molar-refractivity contribution in [2.45, 2.75) is 0 Å². The second-order valence-corrected chi connectivity index (χ2v) is 10.2. The number of benzene rings is 5. The van der Waals surface area contributed by atoms with Gasteiger partial charge in [-0.25, -0.2) is 4.98 Å². The van der Waals surface area contributed by atoms with E-state index in [1.54, 1.807) is 11.3 Å². The molecule has 0 unspecified atom stereocenters. The third kappa shape index (κ3) is 3.19. The molecule has 178 valence electrons. The minimum absolute atomic E-state index is 0.625. The third-order valence-electron chi connectivity index (χ3n) is 7.17. The molecule has 4 nitrogen and oxygen atoms in total. The third-order valence-corrected chi connectivity index (χ3v) is 8.07. The molecule has 0 saturated carbocycles. The van der Waals surface area contributed by atoms with Gasteiger partial charge in [-0.05, 0) is 39.1 Å². The summed E-state index contributed by atoms with van der Waals surface area (Å²) in [7, 11) is 0. The summed E-state index contributed by atoms with van der Waals surface area (Å²) in [4.78, 5) is 16.5. The molecule has 8 aromatic rings. The number of rotatable bonds is 3. The van der Waals surface area contributed by atoms with Gasteiger partial charge in [0.05, 0.1) is 5.52 Å². The fourth-order valence-corrected chi connectivity index (χ4v) is 6.35. The monoisotopic (exact) mass is 504 g/mol. The molecule has 0 radical (unpaired) electrons. The minimum Gasteiger partial charge on any atom is -0.269 e. The highest BCUT2D eigenvalue weighted by molar-refractivity contribution is 7.17. The molecule has 0 aliphatic carbocycles. The average molecular weight is 505 g/mol. The zero-order valence-corrected chi connectivity index (χ0v) is 21.1. The zero-order chi connectivity index (χ0) is 25.1. The lowest BCUT2D eigenvalue weighted by atomic mass is 10.0. The Labute approximate surface area is 222 Å². The fourth-order valence-electron chi connectivity index (χ4n) is 5.43. The summed E-state index contributed by atoms with van der Waals surface area (Å²) in [5.74, 6) is 1.95. The Morgan fingerprint density at radius 2 is 1.03 bits per heavy atom. The Kier molecular flexibility index (Phi) is 4.66. The van der Waals surface area contributed by atoms with Crippen LogP contribution >= 0.6 is 11.3 Å². The molecule has 0 spiro atoms. The number of thiophene rings is 1. The minimum atomic E-state index is 0.625. The van der Waals surface area contributed by atoms with Crippen LogP contribution in [-0.4, -0.2) is 19.5 Å². The van der Waals surface area contributed by atoms with Gasteiger partial charge in [0.2, 0.25) is 5.95 Å². The molecule has 0 N–H and O–H groups in total. The highest BCUT2D eigenvalue weighted by Gasteiger charge is 2.19. The van der Waals surface area contributed by atoms with Crippen molar-refractivity contribution in [1.29, 1.82) is 0 Å². The van der Waals surface area contributed by atoms with E-state index in [0.29, 0.717) is 17.6 Å². The first-order chi connectivity index (χ1) is 18.8. The number of aromatic nitrogens is 4. The smallest absolute Gasteiger partial charge is 0.239 e. The molecule has 3 aromatic heterocycles. The van der Waals surface area contributed by atoms with Crippen molar-refractivity contribution in [3.05, 3.63) is 121 Å². The summed E-state index contributed by atoms with van der Waals surface area (Å²) in [6.07, 6.45) is 0. The number of hydrogen-bond donors (Lipinski definition) is 0. The van der Waals surface area contributed by atoms with E-state index in [1.165, 1.54) is 10.8 Å². The Bertz CT molecular complexity index is 2050. The van der Waals surface area contributed by atoms with E-state index in [0.717, 1.165) is 43.0 Å². The molecule has 0 amide bonds. The van der Waals surface area contributed by atoms with Crippen molar-refractivity contribution < 1.29 is 0 Å². The van der Waals surface area contributed by atoms with Gasteiger partial charge in [0.15, 0.2) is 11.6 Å². The van der Waals surface area contributed by atoms with Crippen LogP contribution in [0.5, 0.6) is 0 Å². The number of para-hydroxylation sites is 1. The number of fused-ring (bicyclic) bond motifs is 5. The van der Waals surface area contributed by atoms with Crippen LogP contribution in [0, 0.1) is 0 Å². The van der Waals surface area contributed by atoms with E-state index >= 15 is 0 Å². The topological polar surface area (TPSA) is 43.6 Å². The van der Waals surface area contributed by atoms with Crippen molar-refractivity contribution in [3.63, 3.8) is 0 Å². The Morgan fingerprint density at radius 1 is 0.474 bits per heavy atom. The second kappa shape index (κ2) is 8.33. The largest absolute Gasteiger partial charge is 0.269 e. The van der Waals surface area contributed by atoms with Gasteiger partial charge in [-0.3, -0.25) is 4.57 Å². The van der Waals surface area contributed by atoms with Gasteiger partial charge < -0.3 is 0 Å². The lowest BCUT2D eigenvalue weighted by Gasteiger charge is -2.12. The summed E-state index contributed by atoms with van der Waals surface area (Å²) < 4.78 is 2.18. The first-order valence-electron chi connectivity index (χ1n) is 12.5. The summed E-state index contributed by atoms with van der Waals surface area (Å²) in [5, 5.41) is 9.10. The molecule has 0 fully saturated rings. The van der Waals surface area contributed by atoms with Crippen molar-refractivity contribution in [3.8, 4) is 28.7 Å². The normalized spacial score (nSPS) is 11.7. The van der Waals surface area contributed by atoms with Crippen molar-refractivity contribution in [1.82, 2.24) is 19.5 Å². The Hall–Kier alpha value is -4.87. The molecule has 0 saturated heterocycles. The van der Waals surface area contributed by atoms with Crippen LogP contribution in [0.25, 0.3) is 71.4 Å². The molecule has 38 heavy (non-hydrogen) atoms. The molecule has 5 heteroatoms. The van der Waals surface area contributed by atoms with Gasteiger partial charge in [-0.2, -0.15) is 9.97 Å². The van der Waals surface area contributed by atoms with E-state index in [4.69, 9.17) is 15.0 Å². The first kappa shape index (κ1) is 21.2. The molecule has 8 rings (SSSR count). The van der Waals surface area contributed by atoms with Crippen molar-refractivity contribution in [2.75, 3.05) is 0 Å². The van der Waals surface area contributed by atoms with Crippen molar-refractivity contribution >= 4 is 54.0 Å². The quantitative estimate of drug-likeness (QED) is 0.242. The molecule has 0 atom stereocenters. The molecular formula is C33H20N4S. The van der Waals surface area contributed by atoms with E-state index in [2.05, 4.69) is 125 Å². The molecule has 0 bridgehead atoms. The lowest BCUT2D eigenvalue weighted by molar-refractivity contribution is 0.959. The zero-order valence-electron chi connectivity index (χ0n) is 20.2. The van der Waals surface area contributed by atoms with Crippen LogP contribution in [0.15, 0.2) is 121 Å². The maximum atomic E-state index is 5.13. The van der Waals surface area contributed by atoms with Gasteiger partial charge in [0.1, 0.15) is 4.83 Å². The maximum absolute atomic E-state index is 5.13. The molecule has 3 heterocycles. The molecule has 5 aromatic carbocycles. The van der Waals surface area contributed by atoms with Gasteiger partial charge in [0, 0.05) is 21.9 Å². The number of nitrogens with zero attached hydrogens (tertiary/aromatic N) is 4. The standard InChI is InChI=1S/C33H20N4S/c1-3-13-23-21(9-1)11-7-16-26(23)30-34-31(27-17-8-12-22-10-2-4-14-24(22)27)36-33(35-30)37-29-18-6-5-15-25(29)28-19-20-38-32(28)37/h1-20H. The fraction of sp³-hybridized carbons (Fsp3) is 0. The number of hydrogen-bond acceptors (Lipinski definition) is 4. The molecule has 0 aliphatic rings. The van der Waals surface area contributed by atoms with E-state index in [9.17, 15) is 0 Å². The van der Waals surface area contributed by atoms with E-state index in [-0.39, 0.29) is 0 Å². The van der Waals surface area contributed by atoms with Gasteiger partial charge in [-0.15, -0.1) is 11.3 Å². The molecular weight excluding hydrogens is 484 g/mol. The first-order valence-corrected chi connectivity index (χ1v) is 13.4. The van der Waals surface area contributed by atoms with Gasteiger partial charge in [-0.1, -0.05) is 103 Å². The van der Waals surface area contributed by atoms with Gasteiger partial charge >= 0.3 is 0 Å². The summed E-state index contributed by atoms with van der Waals surface area (Å²) in [6.45, 7) is 0. The Morgan fingerprint density at radius 3 is 1.68 bits per heavy atom. The van der Waals surface area contributed by atoms with Crippen LogP contribution in [0.1, 0.15) is 0 Å². The van der Waals surface area contributed by atoms with Gasteiger partial charge in [0.25, 0.3) is 0 Å². The van der Waals surface area contributed by atoms with Crippen LogP contribution in [0.2, 0.25) is 0 Å². The van der Waals surface area contributed by atoms with Crippen LogP contribution in [0.4, 0.5) is 0 Å². The lowest BCUT2D eigenvalue weighted by Crippen LogP contribution is -2.06. The van der Waals surface area contributed by atoms with Crippen LogP contribution in [0.3, 0.4) is 0 Å². The summed E-state index contributed by atoms with van der Waals surface area (Å²) >= 11 is 1.71. The Balaban J connectivity index is 1.49. The van der Waals surface area contributed by atoms with Crippen LogP contribution in [-0.2, 0) is 0 Å². The SMILES string of the molecule is c1ccc2c(-c3nc(-c4cccc5ccccc45)nc(-n4c5ccccc5c5ccsc54)n3)cccc2c1. The van der Waals surface area contributed by atoms with Crippen molar-refractivity contribution in [2.24, 2.45) is 0 Å². The average Bonchev–Trinajstić information content (AvgIpc) is 3.57. The second-order valence-electron chi connectivity index (χ2n) is 9.33. The van der Waals surface area contributed by atoms with E-state index in [1.807, 2.05) is 0 Å². The maximum Gasteiger partial charge on any atom is 0.239 e. The molecule has 0 aliphatic heterocycles. The summed E-state index contributed by atoms with van der Waals surface area (Å²) in [5.41, 5.74) is 3.08. The predicted octanol–water partition coefficient (Wildman–Crippen LogP) is 8.67. The van der Waals surface area contributed by atoms with Crippen LogP contribution < -0.4 is 0 Å².